The molecule has 29 heavy (non-hydrogen) atoms. The molecule has 1 aliphatic carbocycles. The maximum absolute atomic E-state index is 13.2. The van der Waals surface area contributed by atoms with E-state index in [4.69, 9.17) is 16.3 Å². The van der Waals surface area contributed by atoms with Gasteiger partial charge in [0.1, 0.15) is 0 Å². The first kappa shape index (κ1) is 23.7. The Balaban J connectivity index is 1.87. The first-order valence-electron chi connectivity index (χ1n) is 10.4. The summed E-state index contributed by atoms with van der Waals surface area (Å²) in [4.78, 5) is 7.92. The number of nitrogens with one attached hydrogen (secondary N) is 1. The van der Waals surface area contributed by atoms with Crippen molar-refractivity contribution in [1.29, 1.82) is 0 Å². The minimum Gasteiger partial charge on any atom is -0.375 e. The van der Waals surface area contributed by atoms with E-state index in [-0.39, 0.29) is 16.5 Å². The Kier molecular flexibility index (Phi) is 9.98. The van der Waals surface area contributed by atoms with E-state index < -0.39 is 5.95 Å². The van der Waals surface area contributed by atoms with Crippen LogP contribution in [0.4, 0.5) is 4.39 Å². The van der Waals surface area contributed by atoms with E-state index in [2.05, 4.69) is 28.9 Å². The molecule has 1 heterocycles. The predicted molar refractivity (Wildman–Crippen MR) is 119 cm³/mol. The van der Waals surface area contributed by atoms with Gasteiger partial charge in [0.15, 0.2) is 0 Å². The maximum atomic E-state index is 13.2. The first-order valence-corrected chi connectivity index (χ1v) is 10.8. The lowest BCUT2D eigenvalue weighted by molar-refractivity contribution is -0.0307. The monoisotopic (exact) mass is 421 g/mol. The standard InChI is InChI=1S/C23H33ClFN3O/c1-4-5-8-21(26-3)19(10-14-29-23(2)11-6-7-12-23)9-13-27-16-18-15-20(24)22(25)28-17-18/h4-5,8,15,17,19,27H,3,6-7,9-14,16H2,1-2H3/b5-4-,21-8-/t19-/m1/s1. The molecule has 1 fully saturated rings. The number of hydrogen-bond acceptors (Lipinski definition) is 4. The molecule has 1 saturated carbocycles. The second-order valence-electron chi connectivity index (χ2n) is 7.85. The van der Waals surface area contributed by atoms with Crippen molar-refractivity contribution < 1.29 is 9.13 Å². The van der Waals surface area contributed by atoms with Gasteiger partial charge in [0.2, 0.25) is 5.95 Å². The van der Waals surface area contributed by atoms with Crippen LogP contribution < -0.4 is 5.32 Å². The van der Waals surface area contributed by atoms with Crippen LogP contribution >= 0.6 is 11.6 Å². The third-order valence-corrected chi connectivity index (χ3v) is 5.76. The van der Waals surface area contributed by atoms with E-state index in [1.807, 2.05) is 25.2 Å². The van der Waals surface area contributed by atoms with Gasteiger partial charge in [-0.1, -0.05) is 36.6 Å². The topological polar surface area (TPSA) is 46.5 Å². The van der Waals surface area contributed by atoms with Crippen LogP contribution in [0.5, 0.6) is 0 Å². The predicted octanol–water partition coefficient (Wildman–Crippen LogP) is 5.87. The zero-order valence-electron chi connectivity index (χ0n) is 17.6. The van der Waals surface area contributed by atoms with E-state index in [0.29, 0.717) is 6.54 Å². The minimum atomic E-state index is -0.637. The summed E-state index contributed by atoms with van der Waals surface area (Å²) in [6.45, 7) is 10.1. The van der Waals surface area contributed by atoms with Crippen molar-refractivity contribution in [2.24, 2.45) is 10.9 Å². The number of ether oxygens (including phenoxy) is 1. The third kappa shape index (κ3) is 8.00. The fourth-order valence-corrected chi connectivity index (χ4v) is 3.92. The molecule has 0 bridgehead atoms. The summed E-state index contributed by atoms with van der Waals surface area (Å²) in [5.41, 5.74) is 1.88. The van der Waals surface area contributed by atoms with Gasteiger partial charge in [0.25, 0.3) is 0 Å². The molecule has 4 nitrogen and oxygen atoms in total. The lowest BCUT2D eigenvalue weighted by Crippen LogP contribution is -2.26. The number of pyridine rings is 1. The van der Waals surface area contributed by atoms with Crippen molar-refractivity contribution in [2.75, 3.05) is 13.2 Å². The smallest absolute Gasteiger partial charge is 0.231 e. The van der Waals surface area contributed by atoms with Crippen molar-refractivity contribution in [1.82, 2.24) is 10.3 Å². The molecule has 0 saturated heterocycles. The number of aromatic nitrogens is 1. The number of aliphatic imine (C=N–C) groups is 1. The quantitative estimate of drug-likeness (QED) is 0.199. The molecule has 160 valence electrons. The second-order valence-corrected chi connectivity index (χ2v) is 8.26. The van der Waals surface area contributed by atoms with Crippen LogP contribution in [-0.2, 0) is 11.3 Å². The van der Waals surface area contributed by atoms with Crippen LogP contribution in [0.2, 0.25) is 5.02 Å². The van der Waals surface area contributed by atoms with E-state index in [1.165, 1.54) is 19.0 Å². The highest BCUT2D eigenvalue weighted by atomic mass is 35.5. The molecule has 0 radical (unpaired) electrons. The van der Waals surface area contributed by atoms with Gasteiger partial charge in [-0.05, 0) is 70.5 Å². The van der Waals surface area contributed by atoms with Crippen LogP contribution in [0.25, 0.3) is 0 Å². The Morgan fingerprint density at radius 3 is 2.86 bits per heavy atom. The Hall–Kier alpha value is -1.56. The summed E-state index contributed by atoms with van der Waals surface area (Å²) in [7, 11) is 0. The summed E-state index contributed by atoms with van der Waals surface area (Å²) in [6, 6.07) is 1.60. The molecule has 0 amide bonds. The molecule has 1 aromatic heterocycles. The molecular formula is C23H33ClFN3O. The van der Waals surface area contributed by atoms with Crippen molar-refractivity contribution in [3.63, 3.8) is 0 Å². The average molecular weight is 422 g/mol. The molecule has 0 aromatic carbocycles. The van der Waals surface area contributed by atoms with Crippen molar-refractivity contribution in [2.45, 2.75) is 64.5 Å². The zero-order chi connectivity index (χ0) is 21.1. The van der Waals surface area contributed by atoms with Crippen LogP contribution in [0.3, 0.4) is 0 Å². The van der Waals surface area contributed by atoms with Gasteiger partial charge in [-0.15, -0.1) is 0 Å². The van der Waals surface area contributed by atoms with Gasteiger partial charge in [-0.3, -0.25) is 4.99 Å². The van der Waals surface area contributed by atoms with Gasteiger partial charge < -0.3 is 10.1 Å². The molecule has 0 spiro atoms. The number of halogens is 2. The number of rotatable bonds is 12. The van der Waals surface area contributed by atoms with Crippen LogP contribution in [0, 0.1) is 11.9 Å². The number of allylic oxidation sites excluding steroid dienone is 4. The van der Waals surface area contributed by atoms with Gasteiger partial charge in [-0.2, -0.15) is 4.39 Å². The summed E-state index contributed by atoms with van der Waals surface area (Å²) in [6.07, 6.45) is 14.1. The molecule has 1 atom stereocenters. The van der Waals surface area contributed by atoms with E-state index in [1.54, 1.807) is 6.07 Å². The van der Waals surface area contributed by atoms with E-state index in [9.17, 15) is 4.39 Å². The van der Waals surface area contributed by atoms with Crippen molar-refractivity contribution in [3.8, 4) is 0 Å². The van der Waals surface area contributed by atoms with Crippen LogP contribution in [0.1, 0.15) is 57.9 Å². The zero-order valence-corrected chi connectivity index (χ0v) is 18.3. The fourth-order valence-electron chi connectivity index (χ4n) is 3.73. The minimum absolute atomic E-state index is 0.0342. The highest BCUT2D eigenvalue weighted by Gasteiger charge is 2.29. The summed E-state index contributed by atoms with van der Waals surface area (Å²) in [5.74, 6) is -0.376. The molecule has 0 aliphatic heterocycles. The second kappa shape index (κ2) is 12.2. The van der Waals surface area contributed by atoms with Gasteiger partial charge in [-0.25, -0.2) is 4.98 Å². The number of hydrogen-bond donors (Lipinski definition) is 1. The summed E-state index contributed by atoms with van der Waals surface area (Å²) < 4.78 is 19.4. The Bertz CT molecular complexity index is 714. The highest BCUT2D eigenvalue weighted by molar-refractivity contribution is 6.30. The largest absolute Gasteiger partial charge is 0.375 e. The maximum Gasteiger partial charge on any atom is 0.231 e. The SMILES string of the molecule is C=N/C(=C\C=C/C)[C@H](CCNCc1cnc(F)c(Cl)c1)CCOC1(C)CCCC1. The van der Waals surface area contributed by atoms with Gasteiger partial charge in [0, 0.05) is 31.0 Å². The fraction of sp³-hybridized carbons (Fsp3) is 0.565. The molecule has 1 N–H and O–H groups in total. The van der Waals surface area contributed by atoms with Gasteiger partial charge in [0.05, 0.1) is 10.6 Å². The molecule has 1 aliphatic rings. The lowest BCUT2D eigenvalue weighted by Gasteiger charge is -2.26. The summed E-state index contributed by atoms with van der Waals surface area (Å²) >= 11 is 5.80. The molecule has 1 aromatic rings. The van der Waals surface area contributed by atoms with Crippen LogP contribution in [-0.4, -0.2) is 30.5 Å². The third-order valence-electron chi connectivity index (χ3n) is 5.49. The highest BCUT2D eigenvalue weighted by Crippen LogP contribution is 2.33. The molecular weight excluding hydrogens is 389 g/mol. The van der Waals surface area contributed by atoms with Crippen LogP contribution in [0.15, 0.2) is 41.2 Å². The molecule has 6 heteroatoms. The Morgan fingerprint density at radius 1 is 1.45 bits per heavy atom. The van der Waals surface area contributed by atoms with Crippen molar-refractivity contribution in [3.05, 3.63) is 52.7 Å². The average Bonchev–Trinajstić information content (AvgIpc) is 3.14. The Labute approximate surface area is 179 Å². The van der Waals surface area contributed by atoms with Gasteiger partial charge >= 0.3 is 0 Å². The van der Waals surface area contributed by atoms with E-state index in [0.717, 1.165) is 50.1 Å². The first-order chi connectivity index (χ1) is 14.0. The van der Waals surface area contributed by atoms with Crippen molar-refractivity contribution >= 4 is 18.3 Å². The lowest BCUT2D eigenvalue weighted by atomic mass is 9.96. The molecule has 0 unspecified atom stereocenters. The number of nitrogens with zero attached hydrogens (tertiary/aromatic N) is 2. The summed E-state index contributed by atoms with van der Waals surface area (Å²) in [5, 5.41) is 3.43. The Morgan fingerprint density at radius 2 is 2.21 bits per heavy atom. The van der Waals surface area contributed by atoms with E-state index >= 15 is 0 Å². The molecule has 2 rings (SSSR count). The normalized spacial score (nSPS) is 17.7.